The molecule has 0 aliphatic rings. The Morgan fingerprint density at radius 2 is 1.78 bits per heavy atom. The lowest BCUT2D eigenvalue weighted by molar-refractivity contribution is -0.138. The number of hydrogen-bond acceptors (Lipinski definition) is 2. The monoisotopic (exact) mass is 258 g/mol. The molecule has 99 valence electrons. The second-order valence-corrected chi connectivity index (χ2v) is 4.88. The molecule has 1 aromatic carbocycles. The van der Waals surface area contributed by atoms with Crippen LogP contribution in [0.4, 0.5) is 13.2 Å². The summed E-state index contributed by atoms with van der Waals surface area (Å²) in [6, 6.07) is 5.27. The van der Waals surface area contributed by atoms with Gasteiger partial charge in [0.25, 0.3) is 0 Å². The molecule has 0 aliphatic heterocycles. The van der Waals surface area contributed by atoms with Gasteiger partial charge in [-0.25, -0.2) is 0 Å². The maximum absolute atomic E-state index is 12.6. The number of benzene rings is 1. The minimum atomic E-state index is -4.38. The quantitative estimate of drug-likeness (QED) is 0.590. The minimum Gasteiger partial charge on any atom is -0.391 e. The average Bonchev–Trinajstić information content (AvgIpc) is 2.22. The molecule has 0 aliphatic carbocycles. The van der Waals surface area contributed by atoms with Crippen molar-refractivity contribution in [2.75, 3.05) is 0 Å². The van der Waals surface area contributed by atoms with Crippen molar-refractivity contribution in [1.82, 2.24) is 0 Å². The molecule has 18 heavy (non-hydrogen) atoms. The van der Waals surface area contributed by atoms with Crippen molar-refractivity contribution < 1.29 is 18.0 Å². The van der Waals surface area contributed by atoms with Gasteiger partial charge in [0, 0.05) is 11.0 Å². The zero-order chi connectivity index (χ0) is 13.8. The summed E-state index contributed by atoms with van der Waals surface area (Å²) >= 11 is 0. The Hall–Kier alpha value is -1.52. The maximum atomic E-state index is 12.6. The molecule has 5 heteroatoms. The van der Waals surface area contributed by atoms with Gasteiger partial charge in [-0.2, -0.15) is 13.2 Å². The molecule has 0 N–H and O–H groups in total. The highest BCUT2D eigenvalue weighted by Crippen LogP contribution is 2.32. The third-order valence-electron chi connectivity index (χ3n) is 1.99. The molecule has 0 heterocycles. The third kappa shape index (κ3) is 4.77. The normalized spacial score (nSPS) is 13.0. The van der Waals surface area contributed by atoms with E-state index in [-0.39, 0.29) is 17.6 Å². The highest BCUT2D eigenvalue weighted by molar-refractivity contribution is 5.63. The third-order valence-corrected chi connectivity index (χ3v) is 1.99. The van der Waals surface area contributed by atoms with Gasteiger partial charge in [0.2, 0.25) is 0 Å². The molecule has 0 fully saturated rings. The van der Waals surface area contributed by atoms with Gasteiger partial charge in [-0.05, 0) is 6.07 Å². The number of hydrogen-bond donors (Lipinski definition) is 0. The standard InChI is InChI=1S/C13H15F3NO/c1-12(2,3)9-17-18-8-10-6-4-5-7-11(10)13(14,15)16/h4-7H,8H2,1-3H3. The number of rotatable bonds is 3. The van der Waals surface area contributed by atoms with Crippen LogP contribution in [0, 0.1) is 5.41 Å². The topological polar surface area (TPSA) is 21.6 Å². The molecule has 2 nitrogen and oxygen atoms in total. The molecule has 0 saturated heterocycles. The molecular weight excluding hydrogens is 243 g/mol. The van der Waals surface area contributed by atoms with Crippen LogP contribution in [0.5, 0.6) is 0 Å². The fourth-order valence-electron chi connectivity index (χ4n) is 1.19. The number of halogens is 3. The lowest BCUT2D eigenvalue weighted by Gasteiger charge is -2.12. The smallest absolute Gasteiger partial charge is 0.391 e. The number of nitrogens with zero attached hydrogens (tertiary/aromatic N) is 1. The molecule has 0 atom stereocenters. The summed E-state index contributed by atoms with van der Waals surface area (Å²) in [6.07, 6.45) is -1.71. The second kappa shape index (κ2) is 5.42. The molecule has 0 saturated carbocycles. The van der Waals surface area contributed by atoms with Crippen molar-refractivity contribution in [3.05, 3.63) is 35.4 Å². The SMILES string of the molecule is CC(C)(C)/[C]=N\OCc1ccccc1C(F)(F)F. The maximum Gasteiger partial charge on any atom is 0.416 e. The first kappa shape index (κ1) is 14.5. The predicted molar refractivity (Wildman–Crippen MR) is 63.1 cm³/mol. The zero-order valence-electron chi connectivity index (χ0n) is 10.5. The van der Waals surface area contributed by atoms with Crippen LogP contribution in [0.2, 0.25) is 0 Å². The van der Waals surface area contributed by atoms with Crippen molar-refractivity contribution in [3.63, 3.8) is 0 Å². The lowest BCUT2D eigenvalue weighted by Crippen LogP contribution is -2.10. The van der Waals surface area contributed by atoms with E-state index in [0.717, 1.165) is 6.07 Å². The van der Waals surface area contributed by atoms with Crippen molar-refractivity contribution in [3.8, 4) is 0 Å². The predicted octanol–water partition coefficient (Wildman–Crippen LogP) is 4.13. The lowest BCUT2D eigenvalue weighted by atomic mass is 10.00. The molecule has 0 spiro atoms. The average molecular weight is 258 g/mol. The summed E-state index contributed by atoms with van der Waals surface area (Å²) in [5, 5.41) is 3.54. The fourth-order valence-corrected chi connectivity index (χ4v) is 1.19. The highest BCUT2D eigenvalue weighted by Gasteiger charge is 2.32. The Morgan fingerprint density at radius 1 is 1.17 bits per heavy atom. The highest BCUT2D eigenvalue weighted by atomic mass is 19.4. The van der Waals surface area contributed by atoms with Crippen molar-refractivity contribution in [2.45, 2.75) is 33.6 Å². The first-order chi connectivity index (χ1) is 8.20. The van der Waals surface area contributed by atoms with E-state index in [4.69, 9.17) is 4.84 Å². The van der Waals surface area contributed by atoms with Crippen LogP contribution in [0.3, 0.4) is 0 Å². The van der Waals surface area contributed by atoms with Crippen LogP contribution in [0.1, 0.15) is 31.9 Å². The summed E-state index contributed by atoms with van der Waals surface area (Å²) in [4.78, 5) is 4.85. The van der Waals surface area contributed by atoms with Crippen LogP contribution in [0.15, 0.2) is 29.4 Å². The van der Waals surface area contributed by atoms with Gasteiger partial charge in [-0.3, -0.25) is 0 Å². The first-order valence-electron chi connectivity index (χ1n) is 5.44. The summed E-state index contributed by atoms with van der Waals surface area (Å²) in [5.74, 6) is 0. The van der Waals surface area contributed by atoms with E-state index in [9.17, 15) is 13.2 Å². The molecular formula is C13H15F3NO. The van der Waals surface area contributed by atoms with Crippen LogP contribution in [-0.4, -0.2) is 6.21 Å². The summed E-state index contributed by atoms with van der Waals surface area (Å²) in [5.41, 5.74) is -0.927. The largest absolute Gasteiger partial charge is 0.416 e. The van der Waals surface area contributed by atoms with E-state index in [1.807, 2.05) is 20.8 Å². The molecule has 1 aromatic rings. The molecule has 0 unspecified atom stereocenters. The van der Waals surface area contributed by atoms with Crippen LogP contribution < -0.4 is 0 Å². The van der Waals surface area contributed by atoms with E-state index in [2.05, 4.69) is 11.4 Å². The molecule has 0 aromatic heterocycles. The van der Waals surface area contributed by atoms with Gasteiger partial charge in [-0.15, -0.1) is 0 Å². The Morgan fingerprint density at radius 3 is 2.33 bits per heavy atom. The van der Waals surface area contributed by atoms with E-state index < -0.39 is 11.7 Å². The fraction of sp³-hybridized carbons (Fsp3) is 0.462. The van der Waals surface area contributed by atoms with Gasteiger partial charge in [0.05, 0.1) is 5.56 Å². The van der Waals surface area contributed by atoms with E-state index in [1.54, 1.807) is 0 Å². The van der Waals surface area contributed by atoms with Gasteiger partial charge >= 0.3 is 6.18 Å². The second-order valence-electron chi connectivity index (χ2n) is 4.88. The zero-order valence-corrected chi connectivity index (χ0v) is 10.5. The van der Waals surface area contributed by atoms with E-state index in [0.29, 0.717) is 0 Å². The van der Waals surface area contributed by atoms with Crippen molar-refractivity contribution >= 4 is 6.21 Å². The summed E-state index contributed by atoms with van der Waals surface area (Å²) in [7, 11) is 0. The minimum absolute atomic E-state index is 0.0597. The molecule has 0 bridgehead atoms. The van der Waals surface area contributed by atoms with E-state index >= 15 is 0 Å². The summed E-state index contributed by atoms with van der Waals surface area (Å²) < 4.78 is 37.9. The van der Waals surface area contributed by atoms with Crippen LogP contribution in [0.25, 0.3) is 0 Å². The van der Waals surface area contributed by atoms with Crippen LogP contribution >= 0.6 is 0 Å². The Labute approximate surface area is 104 Å². The van der Waals surface area contributed by atoms with Crippen LogP contribution in [-0.2, 0) is 17.6 Å². The van der Waals surface area contributed by atoms with Gasteiger partial charge < -0.3 is 4.84 Å². The molecule has 1 rings (SSSR count). The van der Waals surface area contributed by atoms with Gasteiger partial charge in [0.15, 0.2) is 0 Å². The van der Waals surface area contributed by atoms with Gasteiger partial charge in [-0.1, -0.05) is 44.1 Å². The Kier molecular flexibility index (Phi) is 4.38. The van der Waals surface area contributed by atoms with Gasteiger partial charge in [0.1, 0.15) is 12.8 Å². The summed E-state index contributed by atoms with van der Waals surface area (Å²) in [6.45, 7) is 5.37. The van der Waals surface area contributed by atoms with Crippen molar-refractivity contribution in [2.24, 2.45) is 10.6 Å². The molecule has 0 amide bonds. The molecule has 1 radical (unpaired) electrons. The van der Waals surface area contributed by atoms with E-state index in [1.165, 1.54) is 18.2 Å². The Bertz CT molecular complexity index is 419. The number of alkyl halides is 3. The van der Waals surface area contributed by atoms with Crippen molar-refractivity contribution in [1.29, 1.82) is 0 Å². The first-order valence-corrected chi connectivity index (χ1v) is 5.44. The Balaban J connectivity index is 2.72.